The van der Waals surface area contributed by atoms with Gasteiger partial charge in [0.15, 0.2) is 0 Å². The Morgan fingerprint density at radius 2 is 1.90 bits per heavy atom. The molecule has 0 bridgehead atoms. The van der Waals surface area contributed by atoms with Gasteiger partial charge in [0, 0.05) is 16.6 Å². The van der Waals surface area contributed by atoms with E-state index in [0.29, 0.717) is 15.9 Å². The van der Waals surface area contributed by atoms with Gasteiger partial charge >= 0.3 is 0 Å². The Kier molecular flexibility index (Phi) is 5.09. The lowest BCUT2D eigenvalue weighted by atomic mass is 10.1. The first kappa shape index (κ1) is 18.8. The fourth-order valence-corrected chi connectivity index (χ4v) is 3.86. The minimum Gasteiger partial charge on any atom is -0.497 e. The SMILES string of the molecule is COc1ccc(-c2csc3ncn(CC(=O)Nc4ccc(F)cc4)c(=O)c23)cc1. The summed E-state index contributed by atoms with van der Waals surface area (Å²) in [4.78, 5) is 30.3. The van der Waals surface area contributed by atoms with Gasteiger partial charge in [-0.25, -0.2) is 9.37 Å². The number of thiophene rings is 1. The molecule has 29 heavy (non-hydrogen) atoms. The quantitative estimate of drug-likeness (QED) is 0.542. The molecule has 0 aliphatic heterocycles. The van der Waals surface area contributed by atoms with Crippen LogP contribution in [-0.4, -0.2) is 22.6 Å². The fourth-order valence-electron chi connectivity index (χ4n) is 2.95. The summed E-state index contributed by atoms with van der Waals surface area (Å²) in [7, 11) is 1.59. The third-order valence-corrected chi connectivity index (χ3v) is 5.29. The number of nitrogens with zero attached hydrogens (tertiary/aromatic N) is 2. The molecule has 6 nitrogen and oxygen atoms in total. The normalized spacial score (nSPS) is 10.8. The smallest absolute Gasteiger partial charge is 0.263 e. The van der Waals surface area contributed by atoms with E-state index in [4.69, 9.17) is 4.74 Å². The van der Waals surface area contributed by atoms with Crippen LogP contribution in [-0.2, 0) is 11.3 Å². The summed E-state index contributed by atoms with van der Waals surface area (Å²) in [5, 5.41) is 4.99. The highest BCUT2D eigenvalue weighted by atomic mass is 32.1. The van der Waals surface area contributed by atoms with E-state index >= 15 is 0 Å². The number of carbonyl (C=O) groups is 1. The lowest BCUT2D eigenvalue weighted by Crippen LogP contribution is -2.27. The maximum atomic E-state index is 13.0. The van der Waals surface area contributed by atoms with E-state index < -0.39 is 11.7 Å². The van der Waals surface area contributed by atoms with Crippen LogP contribution in [0.15, 0.2) is 65.0 Å². The highest BCUT2D eigenvalue weighted by Gasteiger charge is 2.15. The van der Waals surface area contributed by atoms with Crippen molar-refractivity contribution in [1.29, 1.82) is 0 Å². The summed E-state index contributed by atoms with van der Waals surface area (Å²) in [6.45, 7) is -0.197. The van der Waals surface area contributed by atoms with Crippen LogP contribution in [0.2, 0.25) is 0 Å². The molecule has 0 fully saturated rings. The number of hydrogen-bond donors (Lipinski definition) is 1. The number of amides is 1. The number of hydrogen-bond acceptors (Lipinski definition) is 5. The number of methoxy groups -OCH3 is 1. The molecule has 0 aliphatic carbocycles. The van der Waals surface area contributed by atoms with E-state index in [9.17, 15) is 14.0 Å². The Labute approximate surface area is 169 Å². The highest BCUT2D eigenvalue weighted by molar-refractivity contribution is 7.17. The van der Waals surface area contributed by atoms with E-state index in [1.165, 1.54) is 46.5 Å². The molecular weight excluding hydrogens is 393 g/mol. The van der Waals surface area contributed by atoms with Crippen molar-refractivity contribution in [1.82, 2.24) is 9.55 Å². The molecule has 8 heteroatoms. The summed E-state index contributed by atoms with van der Waals surface area (Å²) < 4.78 is 19.4. The van der Waals surface area contributed by atoms with Crippen molar-refractivity contribution in [3.8, 4) is 16.9 Å². The van der Waals surface area contributed by atoms with Crippen LogP contribution in [0.25, 0.3) is 21.3 Å². The Balaban J connectivity index is 1.63. The van der Waals surface area contributed by atoms with Crippen molar-refractivity contribution in [3.05, 3.63) is 76.4 Å². The zero-order valence-electron chi connectivity index (χ0n) is 15.4. The van der Waals surface area contributed by atoms with Gasteiger partial charge in [-0.2, -0.15) is 0 Å². The number of halogens is 1. The van der Waals surface area contributed by atoms with E-state index in [2.05, 4.69) is 10.3 Å². The predicted octanol–water partition coefficient (Wildman–Crippen LogP) is 3.91. The first-order valence-corrected chi connectivity index (χ1v) is 9.59. The molecule has 4 aromatic rings. The van der Waals surface area contributed by atoms with Crippen LogP contribution in [0, 0.1) is 5.82 Å². The van der Waals surface area contributed by atoms with Crippen LogP contribution in [0.4, 0.5) is 10.1 Å². The molecule has 0 unspecified atom stereocenters. The zero-order valence-corrected chi connectivity index (χ0v) is 16.2. The van der Waals surface area contributed by atoms with E-state index in [0.717, 1.165) is 16.9 Å². The molecule has 0 spiro atoms. The summed E-state index contributed by atoms with van der Waals surface area (Å²) in [6.07, 6.45) is 1.36. The molecule has 0 saturated heterocycles. The standard InChI is InChI=1S/C21H16FN3O3S/c1-28-16-8-2-13(3-9-16)17-11-29-20-19(17)21(27)25(12-23-20)10-18(26)24-15-6-4-14(22)5-7-15/h2-9,11-12H,10H2,1H3,(H,24,26). The second-order valence-electron chi connectivity index (χ2n) is 6.29. The summed E-state index contributed by atoms with van der Waals surface area (Å²) in [6, 6.07) is 12.8. The predicted molar refractivity (Wildman–Crippen MR) is 111 cm³/mol. The molecule has 2 aromatic carbocycles. The minimum absolute atomic E-state index is 0.197. The summed E-state index contributed by atoms with van der Waals surface area (Å²) >= 11 is 1.37. The first-order valence-electron chi connectivity index (χ1n) is 8.71. The Morgan fingerprint density at radius 1 is 1.17 bits per heavy atom. The minimum atomic E-state index is -0.402. The average molecular weight is 409 g/mol. The molecule has 0 atom stereocenters. The average Bonchev–Trinajstić information content (AvgIpc) is 3.17. The van der Waals surface area contributed by atoms with Crippen molar-refractivity contribution in [2.45, 2.75) is 6.54 Å². The van der Waals surface area contributed by atoms with Gasteiger partial charge in [-0.1, -0.05) is 12.1 Å². The van der Waals surface area contributed by atoms with Crippen LogP contribution in [0.5, 0.6) is 5.75 Å². The third-order valence-electron chi connectivity index (χ3n) is 4.40. The first-order chi connectivity index (χ1) is 14.0. The molecule has 4 rings (SSSR count). The van der Waals surface area contributed by atoms with Crippen molar-refractivity contribution < 1.29 is 13.9 Å². The molecule has 2 aromatic heterocycles. The number of benzene rings is 2. The molecule has 0 aliphatic rings. The summed E-state index contributed by atoms with van der Waals surface area (Å²) in [5.41, 5.74) is 1.78. The second kappa shape index (κ2) is 7.84. The lowest BCUT2D eigenvalue weighted by Gasteiger charge is -2.08. The number of carbonyl (C=O) groups excluding carboxylic acids is 1. The number of ether oxygens (including phenoxy) is 1. The third kappa shape index (κ3) is 3.88. The molecule has 0 radical (unpaired) electrons. The topological polar surface area (TPSA) is 73.2 Å². The number of fused-ring (bicyclic) bond motifs is 1. The largest absolute Gasteiger partial charge is 0.497 e. The Morgan fingerprint density at radius 3 is 2.59 bits per heavy atom. The van der Waals surface area contributed by atoms with Crippen molar-refractivity contribution >= 4 is 33.1 Å². The van der Waals surface area contributed by atoms with E-state index in [-0.39, 0.29) is 12.1 Å². The van der Waals surface area contributed by atoms with Gasteiger partial charge in [0.1, 0.15) is 22.9 Å². The number of rotatable bonds is 5. The van der Waals surface area contributed by atoms with E-state index in [1.807, 2.05) is 29.6 Å². The van der Waals surface area contributed by atoms with Crippen LogP contribution in [0.1, 0.15) is 0 Å². The van der Waals surface area contributed by atoms with Crippen molar-refractivity contribution in [2.24, 2.45) is 0 Å². The van der Waals surface area contributed by atoms with Crippen LogP contribution < -0.4 is 15.6 Å². The maximum absolute atomic E-state index is 13.0. The molecular formula is C21H16FN3O3S. The molecule has 1 N–H and O–H groups in total. The van der Waals surface area contributed by atoms with Crippen LogP contribution >= 0.6 is 11.3 Å². The second-order valence-corrected chi connectivity index (χ2v) is 7.15. The van der Waals surface area contributed by atoms with Gasteiger partial charge in [-0.05, 0) is 42.0 Å². The van der Waals surface area contributed by atoms with Gasteiger partial charge in [0.05, 0.1) is 18.8 Å². The van der Waals surface area contributed by atoms with E-state index in [1.54, 1.807) is 7.11 Å². The van der Waals surface area contributed by atoms with Gasteiger partial charge in [0.2, 0.25) is 5.91 Å². The Bertz CT molecular complexity index is 1230. The van der Waals surface area contributed by atoms with Gasteiger partial charge in [-0.3, -0.25) is 14.2 Å². The number of nitrogens with one attached hydrogen (secondary N) is 1. The van der Waals surface area contributed by atoms with Gasteiger partial charge in [-0.15, -0.1) is 11.3 Å². The highest BCUT2D eigenvalue weighted by Crippen LogP contribution is 2.31. The Hall–Kier alpha value is -3.52. The van der Waals surface area contributed by atoms with Crippen molar-refractivity contribution in [3.63, 3.8) is 0 Å². The fraction of sp³-hybridized carbons (Fsp3) is 0.0952. The summed E-state index contributed by atoms with van der Waals surface area (Å²) in [5.74, 6) is -0.0697. The number of aromatic nitrogens is 2. The van der Waals surface area contributed by atoms with Crippen molar-refractivity contribution in [2.75, 3.05) is 12.4 Å². The molecule has 0 saturated carbocycles. The van der Waals surface area contributed by atoms with Gasteiger partial charge < -0.3 is 10.1 Å². The number of anilines is 1. The molecule has 146 valence electrons. The zero-order chi connectivity index (χ0) is 20.4. The molecule has 1 amide bonds. The maximum Gasteiger partial charge on any atom is 0.263 e. The monoisotopic (exact) mass is 409 g/mol. The molecule has 2 heterocycles. The van der Waals surface area contributed by atoms with Gasteiger partial charge in [0.25, 0.3) is 5.56 Å². The van der Waals surface area contributed by atoms with Crippen LogP contribution in [0.3, 0.4) is 0 Å². The lowest BCUT2D eigenvalue weighted by molar-refractivity contribution is -0.116.